The lowest BCUT2D eigenvalue weighted by Gasteiger charge is -2.35. The third-order valence-electron chi connectivity index (χ3n) is 6.06. The number of aliphatic carboxylic acids is 1. The Morgan fingerprint density at radius 1 is 0.963 bits per heavy atom. The van der Waals surface area contributed by atoms with Crippen LogP contribution in [0.5, 0.6) is 0 Å². The van der Waals surface area contributed by atoms with E-state index in [0.717, 1.165) is 64.2 Å². The van der Waals surface area contributed by atoms with Crippen LogP contribution in [0.15, 0.2) is 0 Å². The fourth-order valence-corrected chi connectivity index (χ4v) is 4.21. The second-order valence-electron chi connectivity index (χ2n) is 8.84. The van der Waals surface area contributed by atoms with Crippen molar-refractivity contribution in [2.45, 2.75) is 122 Å². The number of nitrogens with zero attached hydrogens (tertiary/aromatic N) is 1. The molecule has 0 saturated carbocycles. The van der Waals surface area contributed by atoms with Gasteiger partial charge >= 0.3 is 5.97 Å². The zero-order valence-corrected chi connectivity index (χ0v) is 18.1. The number of unbranched alkanes of at least 4 members (excludes halogenated alkanes) is 6. The second-order valence-corrected chi connectivity index (χ2v) is 8.84. The Bertz CT molecular complexity index is 427. The van der Waals surface area contributed by atoms with Crippen LogP contribution in [0.1, 0.15) is 111 Å². The third kappa shape index (κ3) is 7.71. The Morgan fingerprint density at radius 2 is 1.52 bits per heavy atom. The van der Waals surface area contributed by atoms with Crippen LogP contribution in [0.4, 0.5) is 0 Å². The molecule has 2 atom stereocenters. The number of carbonyl (C=O) groups is 1. The van der Waals surface area contributed by atoms with E-state index in [1.807, 2.05) is 13.8 Å². The maximum absolute atomic E-state index is 12.8. The zero-order valence-electron chi connectivity index (χ0n) is 18.1. The molecule has 0 aromatic heterocycles. The normalized spacial score (nSPS) is 23.6. The van der Waals surface area contributed by atoms with Gasteiger partial charge in [0.1, 0.15) is 5.72 Å². The smallest absolute Gasteiger partial charge is 0.306 e. The molecule has 1 rings (SSSR count). The van der Waals surface area contributed by atoms with Gasteiger partial charge in [-0.1, -0.05) is 71.6 Å². The molecule has 1 N–H and O–H groups in total. The first kappa shape index (κ1) is 24.4. The SMILES string of the molecule is CCCCCCCC(CCCCC1(CCCC)COC(C)(C)N1[O])C(=O)O. The van der Waals surface area contributed by atoms with E-state index >= 15 is 0 Å². The van der Waals surface area contributed by atoms with Gasteiger partial charge < -0.3 is 9.84 Å². The van der Waals surface area contributed by atoms with Crippen LogP contribution < -0.4 is 0 Å². The minimum Gasteiger partial charge on any atom is -0.481 e. The van der Waals surface area contributed by atoms with Gasteiger partial charge in [0.15, 0.2) is 0 Å². The molecule has 1 saturated heterocycles. The van der Waals surface area contributed by atoms with Gasteiger partial charge in [-0.05, 0) is 39.5 Å². The Kier molecular flexibility index (Phi) is 10.9. The summed E-state index contributed by atoms with van der Waals surface area (Å²) in [5.74, 6) is -0.903. The monoisotopic (exact) mass is 384 g/mol. The average molecular weight is 385 g/mol. The van der Waals surface area contributed by atoms with Gasteiger partial charge in [-0.25, -0.2) is 0 Å². The highest BCUT2D eigenvalue weighted by Crippen LogP contribution is 2.40. The van der Waals surface area contributed by atoms with Gasteiger partial charge in [0.05, 0.1) is 18.1 Å². The molecule has 2 unspecified atom stereocenters. The van der Waals surface area contributed by atoms with Crippen molar-refractivity contribution in [3.63, 3.8) is 0 Å². The fraction of sp³-hybridized carbons (Fsp3) is 0.955. The van der Waals surface area contributed by atoms with Crippen molar-refractivity contribution in [1.29, 1.82) is 0 Å². The summed E-state index contributed by atoms with van der Waals surface area (Å²) in [4.78, 5) is 11.5. The van der Waals surface area contributed by atoms with E-state index in [-0.39, 0.29) is 5.92 Å². The maximum atomic E-state index is 12.8. The number of hydroxylamine groups is 2. The minimum absolute atomic E-state index is 0.238. The van der Waals surface area contributed by atoms with Crippen molar-refractivity contribution < 1.29 is 19.8 Å². The summed E-state index contributed by atoms with van der Waals surface area (Å²) < 4.78 is 5.79. The largest absolute Gasteiger partial charge is 0.481 e. The van der Waals surface area contributed by atoms with E-state index in [1.54, 1.807) is 0 Å². The number of ether oxygens (including phenoxy) is 1. The second kappa shape index (κ2) is 12.0. The summed E-state index contributed by atoms with van der Waals surface area (Å²) in [6.07, 6.45) is 12.8. The summed E-state index contributed by atoms with van der Waals surface area (Å²) >= 11 is 0. The van der Waals surface area contributed by atoms with Crippen molar-refractivity contribution >= 4 is 5.97 Å². The minimum atomic E-state index is -0.754. The Hall–Kier alpha value is -0.650. The van der Waals surface area contributed by atoms with Gasteiger partial charge in [0, 0.05) is 0 Å². The quantitative estimate of drug-likeness (QED) is 0.354. The number of rotatable bonds is 15. The van der Waals surface area contributed by atoms with E-state index in [4.69, 9.17) is 4.74 Å². The van der Waals surface area contributed by atoms with Crippen LogP contribution in [0.25, 0.3) is 0 Å². The fourth-order valence-electron chi connectivity index (χ4n) is 4.21. The van der Waals surface area contributed by atoms with Gasteiger partial charge in [-0.2, -0.15) is 0 Å². The molecule has 0 amide bonds. The average Bonchev–Trinajstić information content (AvgIpc) is 2.85. The van der Waals surface area contributed by atoms with E-state index < -0.39 is 17.2 Å². The molecule has 27 heavy (non-hydrogen) atoms. The molecule has 1 aliphatic rings. The molecule has 1 heterocycles. The summed E-state index contributed by atoms with van der Waals surface area (Å²) in [7, 11) is 0. The molecule has 0 aromatic rings. The predicted molar refractivity (Wildman–Crippen MR) is 108 cm³/mol. The summed E-state index contributed by atoms with van der Waals surface area (Å²) in [6.45, 7) is 8.50. The zero-order chi connectivity index (χ0) is 20.3. The highest BCUT2D eigenvalue weighted by molar-refractivity contribution is 5.69. The molecule has 1 fully saturated rings. The van der Waals surface area contributed by atoms with Crippen LogP contribution in [0.3, 0.4) is 0 Å². The molecule has 1 radical (unpaired) electrons. The molecule has 0 aliphatic carbocycles. The van der Waals surface area contributed by atoms with Gasteiger partial charge in [-0.3, -0.25) is 4.79 Å². The van der Waals surface area contributed by atoms with E-state index in [9.17, 15) is 15.1 Å². The lowest BCUT2D eigenvalue weighted by atomic mass is 9.86. The summed E-state index contributed by atoms with van der Waals surface area (Å²) in [6, 6.07) is 0. The van der Waals surface area contributed by atoms with Crippen molar-refractivity contribution in [2.75, 3.05) is 6.61 Å². The third-order valence-corrected chi connectivity index (χ3v) is 6.06. The van der Waals surface area contributed by atoms with Crippen LogP contribution in [0.2, 0.25) is 0 Å². The highest BCUT2D eigenvalue weighted by Gasteiger charge is 2.51. The lowest BCUT2D eigenvalue weighted by molar-refractivity contribution is -0.285. The summed E-state index contributed by atoms with van der Waals surface area (Å²) in [5, 5.41) is 23.5. The molecule has 159 valence electrons. The molecule has 5 nitrogen and oxygen atoms in total. The number of carboxylic acids is 1. The lowest BCUT2D eigenvalue weighted by Crippen LogP contribution is -2.49. The predicted octanol–water partition coefficient (Wildman–Crippen LogP) is 5.95. The molecule has 5 heteroatoms. The molecule has 0 bridgehead atoms. The number of hydrogen-bond donors (Lipinski definition) is 1. The first-order chi connectivity index (χ1) is 12.8. The summed E-state index contributed by atoms with van der Waals surface area (Å²) in [5.41, 5.74) is -1.19. The van der Waals surface area contributed by atoms with Gasteiger partial charge in [0.25, 0.3) is 0 Å². The van der Waals surface area contributed by atoms with Crippen LogP contribution in [-0.2, 0) is 14.7 Å². The Morgan fingerprint density at radius 3 is 2.04 bits per heavy atom. The molecule has 0 spiro atoms. The topological polar surface area (TPSA) is 69.7 Å². The van der Waals surface area contributed by atoms with Gasteiger partial charge in [0.2, 0.25) is 0 Å². The Balaban J connectivity index is 2.44. The Labute approximate surface area is 166 Å². The molecule has 1 aliphatic heterocycles. The van der Waals surface area contributed by atoms with Crippen LogP contribution in [-0.4, -0.2) is 34.0 Å². The van der Waals surface area contributed by atoms with Crippen LogP contribution in [0, 0.1) is 5.92 Å². The van der Waals surface area contributed by atoms with E-state index in [0.29, 0.717) is 6.61 Å². The molecular formula is C22H42NO4. The van der Waals surface area contributed by atoms with Crippen molar-refractivity contribution in [1.82, 2.24) is 5.06 Å². The number of carboxylic acid groups (broad SMARTS) is 1. The highest BCUT2D eigenvalue weighted by atomic mass is 16.6. The standard InChI is InChI=1S/C22H42NO4/c1-5-7-9-10-11-14-19(20(24)25)15-12-13-17-22(16-8-6-2)18-27-21(3,4)23(22)26/h19H,5-18H2,1-4H3,(H,24,25). The number of hydrogen-bond acceptors (Lipinski definition) is 3. The van der Waals surface area contributed by atoms with Crippen molar-refractivity contribution in [2.24, 2.45) is 5.92 Å². The van der Waals surface area contributed by atoms with Gasteiger partial charge in [-0.15, -0.1) is 10.3 Å². The first-order valence-electron chi connectivity index (χ1n) is 11.1. The van der Waals surface area contributed by atoms with Crippen LogP contribution >= 0.6 is 0 Å². The molecular weight excluding hydrogens is 342 g/mol. The van der Waals surface area contributed by atoms with Crippen molar-refractivity contribution in [3.8, 4) is 0 Å². The molecule has 0 aromatic carbocycles. The first-order valence-corrected chi connectivity index (χ1v) is 11.1. The van der Waals surface area contributed by atoms with E-state index in [2.05, 4.69) is 13.8 Å². The van der Waals surface area contributed by atoms with E-state index in [1.165, 1.54) is 24.3 Å². The van der Waals surface area contributed by atoms with Crippen molar-refractivity contribution in [3.05, 3.63) is 0 Å². The maximum Gasteiger partial charge on any atom is 0.306 e.